The Morgan fingerprint density at radius 3 is 2.71 bits per heavy atom. The third-order valence-corrected chi connectivity index (χ3v) is 3.26. The fourth-order valence-corrected chi connectivity index (χ4v) is 2.36. The molecule has 0 amide bonds. The minimum absolute atomic E-state index is 0.205. The van der Waals surface area contributed by atoms with Crippen molar-refractivity contribution in [3.63, 3.8) is 0 Å². The van der Waals surface area contributed by atoms with E-state index in [1.54, 1.807) is 12.1 Å². The summed E-state index contributed by atoms with van der Waals surface area (Å²) in [6.07, 6.45) is 2.37. The van der Waals surface area contributed by atoms with Crippen molar-refractivity contribution < 1.29 is 14.6 Å². The van der Waals surface area contributed by atoms with Crippen LogP contribution in [0.2, 0.25) is 0 Å². The van der Waals surface area contributed by atoms with Crippen LogP contribution in [0.1, 0.15) is 18.4 Å². The molecule has 1 saturated heterocycles. The number of aromatic hydroxyl groups is 1. The van der Waals surface area contributed by atoms with Crippen LogP contribution in [0.15, 0.2) is 24.3 Å². The average Bonchev–Trinajstić information content (AvgIpc) is 2.81. The number of benzene rings is 1. The average molecular weight is 235 g/mol. The number of esters is 1. The number of phenols is 1. The van der Waals surface area contributed by atoms with Gasteiger partial charge in [0.1, 0.15) is 11.3 Å². The lowest BCUT2D eigenvalue weighted by Crippen LogP contribution is -2.50. The van der Waals surface area contributed by atoms with Gasteiger partial charge in [-0.25, -0.2) is 0 Å². The Hall–Kier alpha value is -1.55. The van der Waals surface area contributed by atoms with Gasteiger partial charge in [-0.1, -0.05) is 12.1 Å². The molecule has 0 aliphatic carbocycles. The molecule has 1 unspecified atom stereocenters. The zero-order valence-electron chi connectivity index (χ0n) is 9.90. The number of phenolic OH excluding ortho intramolecular Hbond substituents is 1. The molecule has 1 aliphatic rings. The van der Waals surface area contributed by atoms with E-state index in [-0.39, 0.29) is 11.7 Å². The van der Waals surface area contributed by atoms with Crippen LogP contribution in [0.25, 0.3) is 0 Å². The molecular formula is C13H17NO3. The minimum Gasteiger partial charge on any atom is -0.508 e. The molecule has 1 heterocycles. The van der Waals surface area contributed by atoms with Crippen molar-refractivity contribution in [3.8, 4) is 5.75 Å². The molecule has 1 fully saturated rings. The highest BCUT2D eigenvalue weighted by Gasteiger charge is 2.41. The topological polar surface area (TPSA) is 58.6 Å². The van der Waals surface area contributed by atoms with Gasteiger partial charge in [0.2, 0.25) is 0 Å². The molecule has 0 spiro atoms. The van der Waals surface area contributed by atoms with Gasteiger partial charge in [0.15, 0.2) is 0 Å². The highest BCUT2D eigenvalue weighted by Crippen LogP contribution is 2.26. The second kappa shape index (κ2) is 4.75. The van der Waals surface area contributed by atoms with Crippen LogP contribution < -0.4 is 5.32 Å². The van der Waals surface area contributed by atoms with Crippen LogP contribution in [0, 0.1) is 0 Å². The van der Waals surface area contributed by atoms with Crippen LogP contribution in [-0.4, -0.2) is 30.3 Å². The van der Waals surface area contributed by atoms with E-state index in [1.165, 1.54) is 7.11 Å². The van der Waals surface area contributed by atoms with Gasteiger partial charge in [0.25, 0.3) is 0 Å². The largest absolute Gasteiger partial charge is 0.508 e. The van der Waals surface area contributed by atoms with Crippen molar-refractivity contribution in [2.75, 3.05) is 13.7 Å². The van der Waals surface area contributed by atoms with Gasteiger partial charge in [-0.05, 0) is 37.1 Å². The predicted molar refractivity (Wildman–Crippen MR) is 63.8 cm³/mol. The Labute approximate surface area is 101 Å². The van der Waals surface area contributed by atoms with Crippen molar-refractivity contribution >= 4 is 5.97 Å². The minimum atomic E-state index is -0.592. The van der Waals surface area contributed by atoms with Gasteiger partial charge in [-0.15, -0.1) is 0 Å². The normalized spacial score (nSPS) is 23.6. The summed E-state index contributed by atoms with van der Waals surface area (Å²) in [7, 11) is 1.42. The smallest absolute Gasteiger partial charge is 0.326 e. The Balaban J connectivity index is 2.18. The SMILES string of the molecule is COC(=O)C1(Cc2ccc(O)cc2)CCCN1. The zero-order chi connectivity index (χ0) is 12.3. The summed E-state index contributed by atoms with van der Waals surface area (Å²) in [6.45, 7) is 0.840. The van der Waals surface area contributed by atoms with Crippen molar-refractivity contribution in [3.05, 3.63) is 29.8 Å². The summed E-state index contributed by atoms with van der Waals surface area (Å²) >= 11 is 0. The highest BCUT2D eigenvalue weighted by molar-refractivity contribution is 5.81. The van der Waals surface area contributed by atoms with E-state index >= 15 is 0 Å². The first-order valence-corrected chi connectivity index (χ1v) is 5.78. The van der Waals surface area contributed by atoms with Crippen molar-refractivity contribution in [1.82, 2.24) is 5.32 Å². The number of hydrogen-bond donors (Lipinski definition) is 2. The fourth-order valence-electron chi connectivity index (χ4n) is 2.36. The van der Waals surface area contributed by atoms with Crippen LogP contribution in [-0.2, 0) is 16.0 Å². The maximum absolute atomic E-state index is 11.9. The first kappa shape index (κ1) is 11.9. The van der Waals surface area contributed by atoms with Crippen molar-refractivity contribution in [2.24, 2.45) is 0 Å². The Kier molecular flexibility index (Phi) is 3.33. The second-order valence-electron chi connectivity index (χ2n) is 4.45. The summed E-state index contributed by atoms with van der Waals surface area (Å²) in [5, 5.41) is 12.5. The molecule has 0 aromatic heterocycles. The molecule has 1 atom stereocenters. The molecule has 2 rings (SSSR count). The predicted octanol–water partition coefficient (Wildman–Crippen LogP) is 1.23. The van der Waals surface area contributed by atoms with Crippen molar-refractivity contribution in [1.29, 1.82) is 0 Å². The number of rotatable bonds is 3. The lowest BCUT2D eigenvalue weighted by Gasteiger charge is -2.26. The molecule has 0 bridgehead atoms. The molecular weight excluding hydrogens is 218 g/mol. The quantitative estimate of drug-likeness (QED) is 0.774. The molecule has 92 valence electrons. The summed E-state index contributed by atoms with van der Waals surface area (Å²) in [5.74, 6) is 0.0309. The molecule has 4 heteroatoms. The monoisotopic (exact) mass is 235 g/mol. The second-order valence-corrected chi connectivity index (χ2v) is 4.45. The molecule has 0 radical (unpaired) electrons. The number of carbonyl (C=O) groups excluding carboxylic acids is 1. The summed E-state index contributed by atoms with van der Waals surface area (Å²) in [5.41, 5.74) is 0.425. The van der Waals surface area contributed by atoms with Crippen LogP contribution in [0.3, 0.4) is 0 Å². The summed E-state index contributed by atoms with van der Waals surface area (Å²) < 4.78 is 4.88. The standard InChI is InChI=1S/C13H17NO3/c1-17-12(16)13(7-2-8-14-13)9-10-3-5-11(15)6-4-10/h3-6,14-15H,2,7-9H2,1H3. The van der Waals surface area contributed by atoms with Crippen LogP contribution in [0.4, 0.5) is 0 Å². The lowest BCUT2D eigenvalue weighted by molar-refractivity contribution is -0.148. The van der Waals surface area contributed by atoms with Gasteiger partial charge in [0.05, 0.1) is 7.11 Å². The molecule has 0 saturated carbocycles. The van der Waals surface area contributed by atoms with Crippen LogP contribution >= 0.6 is 0 Å². The first-order valence-electron chi connectivity index (χ1n) is 5.78. The van der Waals surface area contributed by atoms with Gasteiger partial charge < -0.3 is 15.2 Å². The van der Waals surface area contributed by atoms with E-state index in [2.05, 4.69) is 5.32 Å². The Morgan fingerprint density at radius 2 is 2.18 bits per heavy atom. The van der Waals surface area contributed by atoms with E-state index < -0.39 is 5.54 Å². The van der Waals surface area contributed by atoms with Crippen LogP contribution in [0.5, 0.6) is 5.75 Å². The fraction of sp³-hybridized carbons (Fsp3) is 0.462. The maximum Gasteiger partial charge on any atom is 0.326 e. The molecule has 17 heavy (non-hydrogen) atoms. The Morgan fingerprint density at radius 1 is 1.47 bits per heavy atom. The molecule has 1 aromatic carbocycles. The number of ether oxygens (including phenoxy) is 1. The van der Waals surface area contributed by atoms with E-state index in [9.17, 15) is 9.90 Å². The van der Waals surface area contributed by atoms with E-state index in [4.69, 9.17) is 4.74 Å². The van der Waals surface area contributed by atoms with Crippen molar-refractivity contribution in [2.45, 2.75) is 24.8 Å². The number of carbonyl (C=O) groups is 1. The Bertz CT molecular complexity index is 394. The van der Waals surface area contributed by atoms with Gasteiger partial charge in [-0.2, -0.15) is 0 Å². The van der Waals surface area contributed by atoms with Gasteiger partial charge in [0, 0.05) is 6.42 Å². The molecule has 2 N–H and O–H groups in total. The van der Waals surface area contributed by atoms with Gasteiger partial charge >= 0.3 is 5.97 Å². The summed E-state index contributed by atoms with van der Waals surface area (Å²) in [4.78, 5) is 11.9. The van der Waals surface area contributed by atoms with E-state index in [1.807, 2.05) is 12.1 Å². The molecule has 4 nitrogen and oxygen atoms in total. The third kappa shape index (κ3) is 2.42. The molecule has 1 aliphatic heterocycles. The maximum atomic E-state index is 11.9. The first-order chi connectivity index (χ1) is 8.16. The lowest BCUT2D eigenvalue weighted by atomic mass is 9.89. The third-order valence-electron chi connectivity index (χ3n) is 3.26. The van der Waals surface area contributed by atoms with E-state index in [0.29, 0.717) is 6.42 Å². The highest BCUT2D eigenvalue weighted by atomic mass is 16.5. The number of methoxy groups -OCH3 is 1. The number of hydrogen-bond acceptors (Lipinski definition) is 4. The number of nitrogens with one attached hydrogen (secondary N) is 1. The summed E-state index contributed by atoms with van der Waals surface area (Å²) in [6, 6.07) is 6.94. The van der Waals surface area contributed by atoms with E-state index in [0.717, 1.165) is 24.9 Å². The van der Waals surface area contributed by atoms with Gasteiger partial charge in [-0.3, -0.25) is 4.79 Å². The molecule has 1 aromatic rings. The zero-order valence-corrected chi connectivity index (χ0v) is 9.90.